The smallest absolute Gasteiger partial charge is 0.416 e. The molecule has 1 aromatic carbocycles. The molecule has 1 fully saturated rings. The number of aryl methyl sites for hydroxylation is 1. The lowest BCUT2D eigenvalue weighted by Gasteiger charge is -2.32. The number of anilines is 1. The van der Waals surface area contributed by atoms with Gasteiger partial charge in [0.15, 0.2) is 0 Å². The van der Waals surface area contributed by atoms with Gasteiger partial charge in [-0.05, 0) is 87.8 Å². The van der Waals surface area contributed by atoms with Gasteiger partial charge in [-0.15, -0.1) is 11.8 Å². The van der Waals surface area contributed by atoms with Crippen molar-refractivity contribution in [3.05, 3.63) is 87.2 Å². The molecule has 0 aliphatic carbocycles. The van der Waals surface area contributed by atoms with Crippen LogP contribution in [0.1, 0.15) is 67.7 Å². The topological polar surface area (TPSA) is 90.0 Å². The van der Waals surface area contributed by atoms with Crippen molar-refractivity contribution < 1.29 is 50.1 Å². The molecule has 2 heterocycles. The van der Waals surface area contributed by atoms with E-state index in [-0.39, 0.29) is 29.9 Å². The van der Waals surface area contributed by atoms with E-state index in [1.165, 1.54) is 32.2 Å². The van der Waals surface area contributed by atoms with E-state index in [2.05, 4.69) is 35.3 Å². The first-order valence-electron chi connectivity index (χ1n) is 15.9. The Bertz CT molecular complexity index is 1540. The largest absolute Gasteiger partial charge is 0.496 e. The molecule has 1 amide bonds. The van der Waals surface area contributed by atoms with Crippen LogP contribution in [0.5, 0.6) is 0 Å². The van der Waals surface area contributed by atoms with E-state index in [1.807, 2.05) is 32.3 Å². The van der Waals surface area contributed by atoms with Gasteiger partial charge in [0.1, 0.15) is 17.7 Å². The molecule has 8 nitrogen and oxygen atoms in total. The monoisotopic (exact) mass is 745 g/mol. The third-order valence-electron chi connectivity index (χ3n) is 8.00. The Morgan fingerprint density at radius 3 is 2.04 bits per heavy atom. The minimum Gasteiger partial charge on any atom is -0.496 e. The maximum atomic E-state index is 12.8. The van der Waals surface area contributed by atoms with Crippen LogP contribution in [0.3, 0.4) is 0 Å². The van der Waals surface area contributed by atoms with Crippen LogP contribution in [0.4, 0.5) is 32.2 Å². The number of alkyl halides is 6. The number of esters is 1. The molecule has 1 N–H and O–H groups in total. The summed E-state index contributed by atoms with van der Waals surface area (Å²) in [5, 5.41) is 2.24. The van der Waals surface area contributed by atoms with Gasteiger partial charge in [-0.2, -0.15) is 26.3 Å². The van der Waals surface area contributed by atoms with Gasteiger partial charge in [-0.1, -0.05) is 19.1 Å². The molecule has 15 heteroatoms. The number of methoxy groups -OCH3 is 3. The number of thioether (sulfide) groups is 1. The Morgan fingerprint density at radius 1 is 1.02 bits per heavy atom. The Kier molecular flexibility index (Phi) is 16.6. The second-order valence-corrected chi connectivity index (χ2v) is 12.5. The average Bonchev–Trinajstić information content (AvgIpc) is 3.04. The zero-order valence-electron chi connectivity index (χ0n) is 29.9. The second kappa shape index (κ2) is 19.6. The van der Waals surface area contributed by atoms with Crippen LogP contribution in [0.25, 0.3) is 5.57 Å². The first-order valence-corrected chi connectivity index (χ1v) is 17.2. The fourth-order valence-corrected chi connectivity index (χ4v) is 5.72. The van der Waals surface area contributed by atoms with Gasteiger partial charge in [0.05, 0.1) is 36.3 Å². The van der Waals surface area contributed by atoms with E-state index in [0.717, 1.165) is 55.0 Å². The maximum absolute atomic E-state index is 12.8. The minimum absolute atomic E-state index is 0.0358. The first-order chi connectivity index (χ1) is 23.9. The van der Waals surface area contributed by atoms with Crippen LogP contribution < -0.4 is 10.2 Å². The first kappa shape index (κ1) is 43.2. The number of ether oxygens (including phenoxy) is 3. The van der Waals surface area contributed by atoms with Crippen molar-refractivity contribution in [2.24, 2.45) is 5.92 Å². The van der Waals surface area contributed by atoms with E-state index in [1.54, 1.807) is 7.11 Å². The molecule has 1 aliphatic rings. The highest BCUT2D eigenvalue weighted by atomic mass is 32.2. The lowest BCUT2D eigenvalue weighted by molar-refractivity contribution is -0.143. The molecular formula is C36H45F6N3O5S. The van der Waals surface area contributed by atoms with Crippen molar-refractivity contribution in [2.75, 3.05) is 45.6 Å². The summed E-state index contributed by atoms with van der Waals surface area (Å²) in [5.74, 6) is 1.77. The number of nitrogens with zero attached hydrogens (tertiary/aromatic N) is 2. The van der Waals surface area contributed by atoms with Crippen LogP contribution in [-0.4, -0.2) is 64.1 Å². The Labute approximate surface area is 299 Å². The Hall–Kier alpha value is -3.98. The van der Waals surface area contributed by atoms with Crippen LogP contribution in [0, 0.1) is 12.8 Å². The third kappa shape index (κ3) is 12.3. The predicted octanol–water partition coefficient (Wildman–Crippen LogP) is 8.53. The number of rotatable bonds is 14. The minimum atomic E-state index is -4.93. The van der Waals surface area contributed by atoms with Crippen molar-refractivity contribution in [1.82, 2.24) is 10.3 Å². The number of aromatic nitrogens is 1. The highest BCUT2D eigenvalue weighted by Crippen LogP contribution is 2.38. The number of nitrogens with one attached hydrogen (secondary N) is 1. The molecule has 0 radical (unpaired) electrons. The van der Waals surface area contributed by atoms with Gasteiger partial charge in [-0.25, -0.2) is 9.78 Å². The molecular weight excluding hydrogens is 700 g/mol. The molecule has 0 spiro atoms. The van der Waals surface area contributed by atoms with E-state index < -0.39 is 35.6 Å². The number of pyridine rings is 1. The number of carbonyl (C=O) groups is 2. The average molecular weight is 746 g/mol. The standard InChI is InChI=1S/C23H32N2O3S.C13H13F6NO2/c1-7-20(27-4)19(15-16(2)9-11-21(29-6)23(26)28-5)18-10-12-22(24-17(18)3)25-13-8-14-25;1-7(20-6-21)11(22-2)8-3-9(12(14,15)16)5-10(4-8)13(17,18)19/h7,10-12,15-16H,8-9,13-14H2,1-6H3;3-7,11H,1-2H3,(H,20,21)/b19-15-,20-7+,21-11-;. The SMILES string of the molecule is C/C=C(OC)\C(=C/C(C)C/C=C(\SC)C(=O)OC)c1ccc(N2CCC2)nc1C.COC(c1cc(C(F)(F)F)cc(C(F)(F)F)c1)C(C)NC=O. The quantitative estimate of drug-likeness (QED) is 0.0515. The zero-order valence-corrected chi connectivity index (χ0v) is 30.7. The van der Waals surface area contributed by atoms with Gasteiger partial charge < -0.3 is 24.4 Å². The van der Waals surface area contributed by atoms with Crippen molar-refractivity contribution in [2.45, 2.75) is 65.0 Å². The molecule has 282 valence electrons. The maximum Gasteiger partial charge on any atom is 0.416 e. The summed E-state index contributed by atoms with van der Waals surface area (Å²) < 4.78 is 92.0. The lowest BCUT2D eigenvalue weighted by Crippen LogP contribution is -2.37. The van der Waals surface area contributed by atoms with Crippen molar-refractivity contribution in [3.63, 3.8) is 0 Å². The van der Waals surface area contributed by atoms with Crippen molar-refractivity contribution in [3.8, 4) is 0 Å². The van der Waals surface area contributed by atoms with E-state index in [4.69, 9.17) is 19.2 Å². The summed E-state index contributed by atoms with van der Waals surface area (Å²) in [5.41, 5.74) is -0.112. The summed E-state index contributed by atoms with van der Waals surface area (Å²) in [6.45, 7) is 9.70. The molecule has 51 heavy (non-hydrogen) atoms. The molecule has 1 aromatic heterocycles. The van der Waals surface area contributed by atoms with E-state index in [9.17, 15) is 35.9 Å². The van der Waals surface area contributed by atoms with Gasteiger partial charge >= 0.3 is 18.3 Å². The normalized spacial score (nSPS) is 15.9. The summed E-state index contributed by atoms with van der Waals surface area (Å²) in [7, 11) is 4.22. The van der Waals surface area contributed by atoms with Gasteiger partial charge in [0.2, 0.25) is 6.41 Å². The number of benzene rings is 1. The number of amides is 1. The molecule has 3 unspecified atom stereocenters. The third-order valence-corrected chi connectivity index (χ3v) is 8.77. The Morgan fingerprint density at radius 2 is 1.63 bits per heavy atom. The van der Waals surface area contributed by atoms with E-state index in [0.29, 0.717) is 17.0 Å². The molecule has 3 atom stereocenters. The molecule has 1 aliphatic heterocycles. The highest BCUT2D eigenvalue weighted by Gasteiger charge is 2.38. The van der Waals surface area contributed by atoms with Crippen molar-refractivity contribution in [1.29, 1.82) is 0 Å². The van der Waals surface area contributed by atoms with Crippen LogP contribution in [-0.2, 0) is 36.2 Å². The molecule has 0 bridgehead atoms. The van der Waals surface area contributed by atoms with Crippen molar-refractivity contribution >= 4 is 35.5 Å². The summed E-state index contributed by atoms with van der Waals surface area (Å²) in [6, 6.07) is 4.60. The predicted molar refractivity (Wildman–Crippen MR) is 187 cm³/mol. The second-order valence-electron chi connectivity index (χ2n) is 11.6. The fraction of sp³-hybridized carbons (Fsp3) is 0.472. The summed E-state index contributed by atoms with van der Waals surface area (Å²) in [6.07, 6.45) is -0.796. The number of halogens is 6. The molecule has 0 saturated carbocycles. The Balaban J connectivity index is 0.000000368. The number of hydrogen-bond acceptors (Lipinski definition) is 8. The summed E-state index contributed by atoms with van der Waals surface area (Å²) in [4.78, 5) is 29.9. The van der Waals surface area contributed by atoms with Gasteiger partial charge in [0.25, 0.3) is 0 Å². The van der Waals surface area contributed by atoms with Crippen LogP contribution in [0.15, 0.2) is 59.2 Å². The number of carbonyl (C=O) groups excluding carboxylic acids is 2. The molecule has 3 rings (SSSR count). The molecule has 1 saturated heterocycles. The van der Waals surface area contributed by atoms with Crippen LogP contribution >= 0.6 is 11.8 Å². The fourth-order valence-electron chi connectivity index (χ4n) is 5.20. The van der Waals surface area contributed by atoms with Gasteiger partial charge in [0, 0.05) is 37.0 Å². The van der Waals surface area contributed by atoms with E-state index >= 15 is 0 Å². The number of hydrogen-bond donors (Lipinski definition) is 1. The summed E-state index contributed by atoms with van der Waals surface area (Å²) >= 11 is 1.40. The number of allylic oxidation sites excluding steroid dienone is 4. The molecule has 2 aromatic rings. The lowest BCUT2D eigenvalue weighted by atomic mass is 9.96. The highest BCUT2D eigenvalue weighted by molar-refractivity contribution is 8.03. The van der Waals surface area contributed by atoms with Crippen LogP contribution in [0.2, 0.25) is 0 Å². The van der Waals surface area contributed by atoms with Gasteiger partial charge in [-0.3, -0.25) is 4.79 Å². The zero-order chi connectivity index (χ0) is 38.5.